The molecule has 0 saturated carbocycles. The molecule has 1 aromatic heterocycles. The lowest BCUT2D eigenvalue weighted by molar-refractivity contribution is -0.145. The van der Waals surface area contributed by atoms with Crippen molar-refractivity contribution in [2.45, 2.75) is 104 Å². The maximum atomic E-state index is 14.1. The van der Waals surface area contributed by atoms with Gasteiger partial charge in [0.1, 0.15) is 5.00 Å². The van der Waals surface area contributed by atoms with Crippen LogP contribution in [0.3, 0.4) is 0 Å². The van der Waals surface area contributed by atoms with Gasteiger partial charge in [-0.15, -0.1) is 11.3 Å². The number of hydrogen-bond acceptors (Lipinski definition) is 9. The van der Waals surface area contributed by atoms with Crippen molar-refractivity contribution in [1.82, 2.24) is 9.80 Å². The van der Waals surface area contributed by atoms with Crippen molar-refractivity contribution in [2.24, 2.45) is 0 Å². The average molecular weight is 837 g/mol. The second kappa shape index (κ2) is 22.9. The first-order chi connectivity index (χ1) is 29.0. The molecule has 1 heterocycles. The maximum Gasteiger partial charge on any atom is 0.337 e. The fourth-order valence-electron chi connectivity index (χ4n) is 7.69. The van der Waals surface area contributed by atoms with E-state index in [1.54, 1.807) is 37.1 Å². The zero-order valence-corrected chi connectivity index (χ0v) is 36.6. The van der Waals surface area contributed by atoms with E-state index in [9.17, 15) is 24.0 Å². The Morgan fingerprint density at radius 2 is 1.43 bits per heavy atom. The molecule has 0 bridgehead atoms. The van der Waals surface area contributed by atoms with Crippen LogP contribution in [0.5, 0.6) is 0 Å². The van der Waals surface area contributed by atoms with Gasteiger partial charge in [-0.3, -0.25) is 24.1 Å². The number of ether oxygens (including phenoxy) is 2. The predicted octanol–water partition coefficient (Wildman–Crippen LogP) is 8.89. The Kier molecular flexibility index (Phi) is 17.4. The third kappa shape index (κ3) is 12.8. The third-order valence-corrected chi connectivity index (χ3v) is 12.4. The highest BCUT2D eigenvalue weighted by atomic mass is 32.1. The molecule has 5 rings (SSSR count). The summed E-state index contributed by atoms with van der Waals surface area (Å²) < 4.78 is 9.77. The zero-order valence-electron chi connectivity index (χ0n) is 35.8. The highest BCUT2D eigenvalue weighted by Crippen LogP contribution is 2.38. The molecule has 0 fully saturated rings. The fraction of sp³-hybridized carbons (Fsp3) is 0.438. The molecule has 320 valence electrons. The number of carbonyl (C=O) groups excluding carboxylic acids is 5. The van der Waals surface area contributed by atoms with Crippen LogP contribution in [0.2, 0.25) is 0 Å². The molecular formula is C48H60N4O7S. The van der Waals surface area contributed by atoms with Gasteiger partial charge in [0.05, 0.1) is 31.3 Å². The van der Waals surface area contributed by atoms with Crippen molar-refractivity contribution >= 4 is 51.7 Å². The molecular weight excluding hydrogens is 777 g/mol. The molecule has 12 heteroatoms. The molecule has 0 aliphatic heterocycles. The van der Waals surface area contributed by atoms with Crippen molar-refractivity contribution in [3.8, 4) is 0 Å². The van der Waals surface area contributed by atoms with Gasteiger partial charge in [-0.2, -0.15) is 0 Å². The summed E-state index contributed by atoms with van der Waals surface area (Å²) in [6.45, 7) is 8.10. The first-order valence-electron chi connectivity index (χ1n) is 21.3. The molecule has 0 unspecified atom stereocenters. The van der Waals surface area contributed by atoms with Gasteiger partial charge >= 0.3 is 11.9 Å². The summed E-state index contributed by atoms with van der Waals surface area (Å²) in [5.74, 6) is -1.33. The van der Waals surface area contributed by atoms with Crippen LogP contribution in [0.4, 0.5) is 10.7 Å². The largest absolute Gasteiger partial charge is 0.466 e. The first kappa shape index (κ1) is 45.7. The number of nitrogens with zero attached hydrogens (tertiary/aromatic N) is 2. The number of esters is 2. The van der Waals surface area contributed by atoms with E-state index in [0.29, 0.717) is 53.6 Å². The Morgan fingerprint density at radius 1 is 0.750 bits per heavy atom. The number of likely N-dealkylation sites (N-methyl/N-ethyl adjacent to an activating group) is 1. The minimum Gasteiger partial charge on any atom is -0.466 e. The van der Waals surface area contributed by atoms with Crippen LogP contribution in [-0.4, -0.2) is 79.4 Å². The Bertz CT molecular complexity index is 2070. The standard InChI is InChI=1S/C48H60N4O7S/c1-6-39(7-2)52(30-29-51(4)42(53)27-28-43(54)59-8-3)32-35-13-12-14-37(31-35)45(55)50-47-44(40-15-10-9-11-16-41(40)60-47)46(56)49-38-25-21-34(22-26-38)18-17-33-19-23-36(24-20-33)48(57)58-5/h12-14,19-26,31,39H,6-11,15-18,27-30,32H2,1-5H3,(H,49,56)(H,50,55). The summed E-state index contributed by atoms with van der Waals surface area (Å²) in [4.78, 5) is 69.5. The highest BCUT2D eigenvalue weighted by Gasteiger charge is 2.27. The number of benzene rings is 3. The van der Waals surface area contributed by atoms with E-state index in [1.807, 2.05) is 54.6 Å². The minimum absolute atomic E-state index is 0.0663. The molecule has 3 amide bonds. The normalized spacial score (nSPS) is 12.4. The summed E-state index contributed by atoms with van der Waals surface area (Å²) >= 11 is 1.51. The quantitative estimate of drug-likeness (QED) is 0.0667. The zero-order chi connectivity index (χ0) is 43.0. The fourth-order valence-corrected chi connectivity index (χ4v) is 8.97. The lowest BCUT2D eigenvalue weighted by Crippen LogP contribution is -2.41. The number of fused-ring (bicyclic) bond motifs is 1. The minimum atomic E-state index is -0.368. The van der Waals surface area contributed by atoms with Gasteiger partial charge in [0.25, 0.3) is 11.8 Å². The Labute approximate surface area is 358 Å². The van der Waals surface area contributed by atoms with Crippen LogP contribution in [0, 0.1) is 0 Å². The van der Waals surface area contributed by atoms with E-state index < -0.39 is 0 Å². The van der Waals surface area contributed by atoms with E-state index in [2.05, 4.69) is 29.4 Å². The Hall–Kier alpha value is -5.33. The number of hydrogen-bond donors (Lipinski definition) is 2. The van der Waals surface area contributed by atoms with Crippen molar-refractivity contribution in [3.63, 3.8) is 0 Å². The summed E-state index contributed by atoms with van der Waals surface area (Å²) in [6, 6.07) is 23.2. The van der Waals surface area contributed by atoms with Crippen LogP contribution in [0.25, 0.3) is 0 Å². The third-order valence-electron chi connectivity index (χ3n) is 11.2. The molecule has 0 spiro atoms. The highest BCUT2D eigenvalue weighted by molar-refractivity contribution is 7.17. The Balaban J connectivity index is 1.25. The number of methoxy groups -OCH3 is 1. The van der Waals surface area contributed by atoms with Crippen molar-refractivity contribution < 1.29 is 33.4 Å². The summed E-state index contributed by atoms with van der Waals surface area (Å²) in [5.41, 5.74) is 6.49. The summed E-state index contributed by atoms with van der Waals surface area (Å²) in [7, 11) is 3.13. The second-order valence-electron chi connectivity index (χ2n) is 15.3. The van der Waals surface area contributed by atoms with Gasteiger partial charge in [-0.25, -0.2) is 4.79 Å². The van der Waals surface area contributed by atoms with E-state index in [-0.39, 0.29) is 48.5 Å². The van der Waals surface area contributed by atoms with Crippen molar-refractivity contribution in [3.05, 3.63) is 117 Å². The van der Waals surface area contributed by atoms with E-state index >= 15 is 0 Å². The topological polar surface area (TPSA) is 134 Å². The van der Waals surface area contributed by atoms with Gasteiger partial charge < -0.3 is 25.0 Å². The first-order valence-corrected chi connectivity index (χ1v) is 22.1. The predicted molar refractivity (Wildman–Crippen MR) is 238 cm³/mol. The van der Waals surface area contributed by atoms with Crippen molar-refractivity contribution in [1.29, 1.82) is 0 Å². The number of anilines is 2. The molecule has 3 aromatic carbocycles. The van der Waals surface area contributed by atoms with Gasteiger partial charge in [-0.05, 0) is 117 Å². The number of nitrogens with one attached hydrogen (secondary N) is 2. The maximum absolute atomic E-state index is 14.1. The molecule has 2 N–H and O–H groups in total. The molecule has 1 aliphatic carbocycles. The van der Waals surface area contributed by atoms with Crippen molar-refractivity contribution in [2.75, 3.05) is 44.5 Å². The number of thiophene rings is 1. The molecule has 0 atom stereocenters. The van der Waals surface area contributed by atoms with Gasteiger partial charge in [0, 0.05) is 55.3 Å². The van der Waals surface area contributed by atoms with Gasteiger partial charge in [0.15, 0.2) is 0 Å². The molecule has 1 aliphatic rings. The summed E-state index contributed by atoms with van der Waals surface area (Å²) in [5, 5.41) is 6.81. The van der Waals surface area contributed by atoms with E-state index in [1.165, 1.54) is 18.4 Å². The number of carbonyl (C=O) groups is 5. The lowest BCUT2D eigenvalue weighted by atomic mass is 10.0. The number of aryl methyl sites for hydroxylation is 3. The average Bonchev–Trinajstić information content (AvgIpc) is 3.44. The van der Waals surface area contributed by atoms with Gasteiger partial charge in [0.2, 0.25) is 5.91 Å². The monoisotopic (exact) mass is 836 g/mol. The van der Waals surface area contributed by atoms with Crippen LogP contribution >= 0.6 is 11.3 Å². The smallest absolute Gasteiger partial charge is 0.337 e. The van der Waals surface area contributed by atoms with E-state index in [4.69, 9.17) is 9.47 Å². The van der Waals surface area contributed by atoms with Crippen LogP contribution in [0.15, 0.2) is 72.8 Å². The number of rotatable bonds is 20. The molecule has 4 aromatic rings. The molecule has 0 saturated heterocycles. The van der Waals surface area contributed by atoms with Crippen LogP contribution < -0.4 is 10.6 Å². The van der Waals surface area contributed by atoms with Gasteiger partial charge in [-0.1, -0.05) is 56.7 Å². The number of amides is 3. The molecule has 11 nitrogen and oxygen atoms in total. The second-order valence-corrected chi connectivity index (χ2v) is 16.4. The summed E-state index contributed by atoms with van der Waals surface area (Å²) in [6.07, 6.45) is 8.46. The Morgan fingerprint density at radius 3 is 2.10 bits per heavy atom. The van der Waals surface area contributed by atoms with Crippen LogP contribution in [-0.2, 0) is 51.3 Å². The SMILES string of the molecule is CCOC(=O)CCC(=O)N(C)CCN(Cc1cccc(C(=O)Nc2sc3c(c2C(=O)Nc2ccc(CCc4ccc(C(=O)OC)cc4)cc2)CCCCC3)c1)C(CC)CC. The lowest BCUT2D eigenvalue weighted by Gasteiger charge is -2.32. The van der Waals surface area contributed by atoms with E-state index in [0.717, 1.165) is 84.9 Å². The molecule has 0 radical (unpaired) electrons. The van der Waals surface area contributed by atoms with Crippen LogP contribution in [0.1, 0.15) is 124 Å². The molecule has 60 heavy (non-hydrogen) atoms.